The summed E-state index contributed by atoms with van der Waals surface area (Å²) >= 11 is 3.61. The predicted octanol–water partition coefficient (Wildman–Crippen LogP) is 3.07. The van der Waals surface area contributed by atoms with E-state index in [-0.39, 0.29) is 11.7 Å². The van der Waals surface area contributed by atoms with Crippen molar-refractivity contribution < 1.29 is 14.6 Å². The molecule has 2 N–H and O–H groups in total. The fraction of sp³-hybridized carbons (Fsp3) is 0.318. The molecule has 9 heteroatoms. The number of hydrogen-bond donors (Lipinski definition) is 2. The highest BCUT2D eigenvalue weighted by Crippen LogP contribution is 2.38. The molecule has 1 amide bonds. The lowest BCUT2D eigenvalue weighted by Gasteiger charge is -2.34. The van der Waals surface area contributed by atoms with Gasteiger partial charge in [0.1, 0.15) is 5.70 Å². The molecule has 0 aromatic heterocycles. The molecule has 2 aromatic rings. The number of carbonyl (C=O) groups excluding carboxylic acids is 1. The molecule has 1 atom stereocenters. The smallest absolute Gasteiger partial charge is 0.276 e. The lowest BCUT2D eigenvalue weighted by molar-refractivity contribution is -0.116. The van der Waals surface area contributed by atoms with Gasteiger partial charge in [-0.05, 0) is 54.1 Å². The largest absolute Gasteiger partial charge is 0.504 e. The molecule has 0 radical (unpaired) electrons. The van der Waals surface area contributed by atoms with E-state index in [0.717, 1.165) is 34.7 Å². The highest BCUT2D eigenvalue weighted by Gasteiger charge is 2.35. The number of benzene rings is 2. The molecule has 2 aromatic carbocycles. The van der Waals surface area contributed by atoms with Crippen molar-refractivity contribution in [2.75, 3.05) is 12.4 Å². The fourth-order valence-electron chi connectivity index (χ4n) is 3.43. The molecule has 0 spiro atoms. The van der Waals surface area contributed by atoms with Gasteiger partial charge in [0.05, 0.1) is 15.5 Å². The second-order valence-electron chi connectivity index (χ2n) is 7.06. The molecule has 4 rings (SSSR count). The van der Waals surface area contributed by atoms with E-state index in [0.29, 0.717) is 26.8 Å². The predicted molar refractivity (Wildman–Crippen MR) is 130 cm³/mol. The third kappa shape index (κ3) is 4.38. The molecule has 2 aliphatic rings. The standard InChI is InChI=1S/C22H23IN4O3S/c1-3-5-10-31-22-25-21(29)18-14-8-6-7-9-16(14)24-20(27(18)26-22)13-11-15(23)19(28)17(12-13)30-4-2/h6-9,11-12,20,28H,3-5,10H2,1-2H3,(H,25,26,29). The molecule has 2 aliphatic heterocycles. The van der Waals surface area contributed by atoms with Gasteiger partial charge in [-0.25, -0.2) is 5.01 Å². The average molecular weight is 550 g/mol. The Kier molecular flexibility index (Phi) is 6.71. The van der Waals surface area contributed by atoms with E-state index in [1.54, 1.807) is 11.1 Å². The van der Waals surface area contributed by atoms with Gasteiger partial charge in [-0.2, -0.15) is 0 Å². The van der Waals surface area contributed by atoms with Crippen LogP contribution < -0.4 is 20.6 Å². The van der Waals surface area contributed by atoms with E-state index < -0.39 is 6.17 Å². The van der Waals surface area contributed by atoms with Crippen LogP contribution in [0.15, 0.2) is 46.5 Å². The van der Waals surface area contributed by atoms with Crippen LogP contribution in [0.1, 0.15) is 38.4 Å². The first-order valence-electron chi connectivity index (χ1n) is 10.2. The minimum atomic E-state index is -0.550. The van der Waals surface area contributed by atoms with Crippen LogP contribution in [0.3, 0.4) is 0 Å². The van der Waals surface area contributed by atoms with E-state index in [4.69, 9.17) is 14.8 Å². The van der Waals surface area contributed by atoms with E-state index in [2.05, 4.69) is 34.8 Å². The second kappa shape index (κ2) is 9.47. The SMILES string of the molecule is CCCCSC1=NN2C(=c3ccccc3=NC2c2cc(I)c(O)c(OCC)c2)C(=O)N1. The number of nitrogens with one attached hydrogen (secondary N) is 1. The molecule has 0 bridgehead atoms. The highest BCUT2D eigenvalue weighted by atomic mass is 127. The van der Waals surface area contributed by atoms with Crippen LogP contribution >= 0.6 is 34.4 Å². The number of phenolic OH excluding ortho intramolecular Hbond substituents is 1. The van der Waals surface area contributed by atoms with Crippen LogP contribution in [0.2, 0.25) is 0 Å². The Balaban J connectivity index is 1.86. The summed E-state index contributed by atoms with van der Waals surface area (Å²) in [5.41, 5.74) is 1.26. The molecular weight excluding hydrogens is 527 g/mol. The molecular formula is C22H23IN4O3S. The number of ether oxygens (including phenoxy) is 1. The van der Waals surface area contributed by atoms with Gasteiger partial charge in [-0.1, -0.05) is 43.3 Å². The van der Waals surface area contributed by atoms with Gasteiger partial charge < -0.3 is 9.84 Å². The van der Waals surface area contributed by atoms with Gasteiger partial charge in [-0.15, -0.1) is 5.10 Å². The van der Waals surface area contributed by atoms with E-state index in [9.17, 15) is 9.90 Å². The van der Waals surface area contributed by atoms with Crippen LogP contribution in [-0.2, 0) is 4.79 Å². The number of unbranched alkanes of at least 4 members (excludes halogenated alkanes) is 1. The molecule has 0 saturated heterocycles. The van der Waals surface area contributed by atoms with Crippen molar-refractivity contribution in [2.24, 2.45) is 10.1 Å². The molecule has 7 nitrogen and oxygen atoms in total. The van der Waals surface area contributed by atoms with E-state index in [1.165, 1.54) is 11.8 Å². The first-order chi connectivity index (χ1) is 15.0. The molecule has 0 saturated carbocycles. The van der Waals surface area contributed by atoms with Gasteiger partial charge in [0, 0.05) is 16.5 Å². The summed E-state index contributed by atoms with van der Waals surface area (Å²) in [6.45, 7) is 4.43. The maximum Gasteiger partial charge on any atom is 0.276 e. The van der Waals surface area contributed by atoms with E-state index in [1.807, 2.05) is 37.3 Å². The van der Waals surface area contributed by atoms with Crippen LogP contribution in [0, 0.1) is 3.57 Å². The quantitative estimate of drug-likeness (QED) is 0.427. The summed E-state index contributed by atoms with van der Waals surface area (Å²) < 4.78 is 6.27. The molecule has 1 unspecified atom stereocenters. The first kappa shape index (κ1) is 21.9. The van der Waals surface area contributed by atoms with Crippen molar-refractivity contribution in [2.45, 2.75) is 32.9 Å². The lowest BCUT2D eigenvalue weighted by Crippen LogP contribution is -2.50. The summed E-state index contributed by atoms with van der Waals surface area (Å²) in [5, 5.41) is 21.8. The number of halogens is 1. The third-order valence-electron chi connectivity index (χ3n) is 4.90. The number of thioether (sulfide) groups is 1. The normalized spacial score (nSPS) is 17.3. The van der Waals surface area contributed by atoms with Crippen LogP contribution in [0.25, 0.3) is 5.70 Å². The number of amides is 1. The van der Waals surface area contributed by atoms with Gasteiger partial charge >= 0.3 is 0 Å². The highest BCUT2D eigenvalue weighted by molar-refractivity contribution is 14.1. The van der Waals surface area contributed by atoms with Crippen molar-refractivity contribution in [1.82, 2.24) is 10.3 Å². The number of carbonyl (C=O) groups is 1. The zero-order valence-corrected chi connectivity index (χ0v) is 20.2. The Morgan fingerprint density at radius 2 is 2.10 bits per heavy atom. The van der Waals surface area contributed by atoms with E-state index >= 15 is 0 Å². The third-order valence-corrected chi connectivity index (χ3v) is 6.67. The minimum Gasteiger partial charge on any atom is -0.504 e. The van der Waals surface area contributed by atoms with Crippen molar-refractivity contribution in [3.8, 4) is 11.5 Å². The zero-order valence-electron chi connectivity index (χ0n) is 17.3. The number of hydrogen-bond acceptors (Lipinski definition) is 7. The van der Waals surface area contributed by atoms with Gasteiger partial charge in [0.2, 0.25) is 0 Å². The van der Waals surface area contributed by atoms with Crippen molar-refractivity contribution in [1.29, 1.82) is 0 Å². The Bertz CT molecular complexity index is 1170. The Labute approximate surface area is 198 Å². The van der Waals surface area contributed by atoms with Crippen molar-refractivity contribution >= 4 is 51.1 Å². The second-order valence-corrected chi connectivity index (χ2v) is 9.30. The number of nitrogens with zero attached hydrogens (tertiary/aromatic N) is 3. The van der Waals surface area contributed by atoms with Crippen molar-refractivity contribution in [3.05, 3.63) is 56.1 Å². The lowest BCUT2D eigenvalue weighted by atomic mass is 10.1. The van der Waals surface area contributed by atoms with Crippen LogP contribution in [0.4, 0.5) is 0 Å². The van der Waals surface area contributed by atoms with Crippen LogP contribution in [0.5, 0.6) is 11.5 Å². The van der Waals surface area contributed by atoms with Crippen molar-refractivity contribution in [3.63, 3.8) is 0 Å². The van der Waals surface area contributed by atoms with Crippen LogP contribution in [-0.4, -0.2) is 33.6 Å². The average Bonchev–Trinajstić information content (AvgIpc) is 2.76. The van der Waals surface area contributed by atoms with Gasteiger partial charge in [0.25, 0.3) is 5.91 Å². The van der Waals surface area contributed by atoms with Gasteiger partial charge in [-0.3, -0.25) is 15.1 Å². The molecule has 2 heterocycles. The minimum absolute atomic E-state index is 0.0994. The first-order valence-corrected chi connectivity index (χ1v) is 12.2. The summed E-state index contributed by atoms with van der Waals surface area (Å²) in [4.78, 5) is 18.0. The Morgan fingerprint density at radius 1 is 1.29 bits per heavy atom. The maximum atomic E-state index is 13.1. The number of aromatic hydroxyl groups is 1. The fourth-order valence-corrected chi connectivity index (χ4v) is 4.99. The zero-order chi connectivity index (χ0) is 22.0. The summed E-state index contributed by atoms with van der Waals surface area (Å²) in [6.07, 6.45) is 1.57. The summed E-state index contributed by atoms with van der Waals surface area (Å²) in [5.74, 6) is 1.17. The Morgan fingerprint density at radius 3 is 2.87 bits per heavy atom. The number of para-hydroxylation sites is 1. The number of hydrazone groups is 1. The maximum absolute atomic E-state index is 13.1. The molecule has 162 valence electrons. The summed E-state index contributed by atoms with van der Waals surface area (Å²) in [6, 6.07) is 11.2. The number of fused-ring (bicyclic) bond motifs is 2. The molecule has 31 heavy (non-hydrogen) atoms. The van der Waals surface area contributed by atoms with Gasteiger partial charge in [0.15, 0.2) is 22.8 Å². The molecule has 0 aliphatic carbocycles. The Hall–Kier alpha value is -2.27. The monoisotopic (exact) mass is 550 g/mol. The molecule has 0 fully saturated rings. The topological polar surface area (TPSA) is 86.5 Å². The number of amidine groups is 1. The number of phenols is 1. The number of rotatable bonds is 6. The summed E-state index contributed by atoms with van der Waals surface area (Å²) in [7, 11) is 0.